The molecule has 0 aromatic carbocycles. The average molecular weight is 236 g/mol. The number of hydrogen-bond donors (Lipinski definition) is 1. The summed E-state index contributed by atoms with van der Waals surface area (Å²) >= 11 is -1.97. The molecule has 2 rings (SSSR count). The fourth-order valence-electron chi connectivity index (χ4n) is 1.92. The van der Waals surface area contributed by atoms with Gasteiger partial charge in [-0.2, -0.15) is 0 Å². The highest BCUT2D eigenvalue weighted by Gasteiger charge is 2.51. The molecular formula is C8H12O6S. The normalized spacial score (nSPS) is 41.2. The molecule has 0 aliphatic carbocycles. The van der Waals surface area contributed by atoms with Crippen molar-refractivity contribution in [1.82, 2.24) is 0 Å². The van der Waals surface area contributed by atoms with Crippen molar-refractivity contribution in [2.45, 2.75) is 30.5 Å². The van der Waals surface area contributed by atoms with Crippen molar-refractivity contribution in [2.75, 3.05) is 13.2 Å². The molecule has 2 aliphatic heterocycles. The summed E-state index contributed by atoms with van der Waals surface area (Å²) in [6, 6.07) is 0. The van der Waals surface area contributed by atoms with Crippen LogP contribution in [0.3, 0.4) is 0 Å². The van der Waals surface area contributed by atoms with E-state index in [9.17, 15) is 9.00 Å². The first kappa shape index (κ1) is 11.0. The lowest BCUT2D eigenvalue weighted by molar-refractivity contribution is -0.150. The van der Waals surface area contributed by atoms with Gasteiger partial charge >= 0.3 is 5.97 Å². The minimum Gasteiger partial charge on any atom is -0.457 e. The molecular weight excluding hydrogens is 224 g/mol. The Labute approximate surface area is 89.2 Å². The van der Waals surface area contributed by atoms with Gasteiger partial charge in [-0.3, -0.25) is 4.79 Å². The summed E-state index contributed by atoms with van der Waals surface area (Å²) in [6.45, 7) is 1.70. The van der Waals surface area contributed by atoms with Crippen molar-refractivity contribution in [3.63, 3.8) is 0 Å². The molecule has 0 aromatic rings. The topological polar surface area (TPSA) is 82.1 Å². The Kier molecular flexibility index (Phi) is 3.06. The van der Waals surface area contributed by atoms with Crippen molar-refractivity contribution in [3.05, 3.63) is 0 Å². The standard InChI is InChI=1S/C8H12O6S/c1-4(9)14-5-2-12-8-6(15(10)11)3-13-7(5)8/h5-8H,2-3H2,1H3,(H,10,11)/t5-,6-,7+,8+/m0/s1. The summed E-state index contributed by atoms with van der Waals surface area (Å²) in [5.41, 5.74) is 0. The molecule has 0 radical (unpaired) electrons. The largest absolute Gasteiger partial charge is 0.457 e. The molecule has 0 saturated carbocycles. The van der Waals surface area contributed by atoms with E-state index >= 15 is 0 Å². The highest BCUT2D eigenvalue weighted by Crippen LogP contribution is 2.30. The predicted molar refractivity (Wildman–Crippen MR) is 49.6 cm³/mol. The quantitative estimate of drug-likeness (QED) is 0.504. The Morgan fingerprint density at radius 2 is 2.07 bits per heavy atom. The molecule has 6 nitrogen and oxygen atoms in total. The monoisotopic (exact) mass is 236 g/mol. The van der Waals surface area contributed by atoms with Gasteiger partial charge in [0.25, 0.3) is 0 Å². The number of hydrogen-bond acceptors (Lipinski definition) is 5. The van der Waals surface area contributed by atoms with Crippen LogP contribution in [0, 0.1) is 0 Å². The average Bonchev–Trinajstić information content (AvgIpc) is 2.66. The van der Waals surface area contributed by atoms with Gasteiger partial charge in [0.15, 0.2) is 17.2 Å². The zero-order valence-corrected chi connectivity index (χ0v) is 8.94. The van der Waals surface area contributed by atoms with Gasteiger partial charge in [-0.15, -0.1) is 0 Å². The second kappa shape index (κ2) is 4.17. The van der Waals surface area contributed by atoms with E-state index in [-0.39, 0.29) is 13.2 Å². The lowest BCUT2D eigenvalue weighted by Gasteiger charge is -2.15. The minimum absolute atomic E-state index is 0.163. The van der Waals surface area contributed by atoms with E-state index in [4.69, 9.17) is 18.8 Å². The van der Waals surface area contributed by atoms with Crippen LogP contribution in [0.15, 0.2) is 0 Å². The van der Waals surface area contributed by atoms with Crippen LogP contribution in [-0.2, 0) is 30.1 Å². The van der Waals surface area contributed by atoms with E-state index in [0.29, 0.717) is 0 Å². The smallest absolute Gasteiger partial charge is 0.303 e. The molecule has 5 atom stereocenters. The highest BCUT2D eigenvalue weighted by atomic mass is 32.2. The van der Waals surface area contributed by atoms with Gasteiger partial charge in [0.2, 0.25) is 0 Å². The van der Waals surface area contributed by atoms with Gasteiger partial charge in [0.1, 0.15) is 17.5 Å². The van der Waals surface area contributed by atoms with Crippen molar-refractivity contribution in [1.29, 1.82) is 0 Å². The van der Waals surface area contributed by atoms with E-state index in [1.54, 1.807) is 0 Å². The van der Waals surface area contributed by atoms with Gasteiger partial charge in [-0.1, -0.05) is 0 Å². The summed E-state index contributed by atoms with van der Waals surface area (Å²) < 4.78 is 35.5. The number of carbonyl (C=O) groups is 1. The zero-order chi connectivity index (χ0) is 11.0. The van der Waals surface area contributed by atoms with Gasteiger partial charge in [0, 0.05) is 6.92 Å². The van der Waals surface area contributed by atoms with Gasteiger partial charge < -0.3 is 18.8 Å². The van der Waals surface area contributed by atoms with Crippen LogP contribution in [0.4, 0.5) is 0 Å². The van der Waals surface area contributed by atoms with Gasteiger partial charge in [-0.05, 0) is 0 Å². The SMILES string of the molecule is CC(=O)O[C@H]1CO[C@H]2[C@@H]1OC[C@@H]2S(=O)O. The Hall–Kier alpha value is -0.500. The summed E-state index contributed by atoms with van der Waals surface area (Å²) in [4.78, 5) is 10.8. The second-order valence-corrected chi connectivity index (χ2v) is 4.72. The van der Waals surface area contributed by atoms with Crippen molar-refractivity contribution in [3.8, 4) is 0 Å². The summed E-state index contributed by atoms with van der Waals surface area (Å²) in [6.07, 6.45) is -1.31. The van der Waals surface area contributed by atoms with Gasteiger partial charge in [-0.25, -0.2) is 4.21 Å². The molecule has 86 valence electrons. The lowest BCUT2D eigenvalue weighted by Crippen LogP contribution is -2.35. The number of carbonyl (C=O) groups excluding carboxylic acids is 1. The first-order valence-corrected chi connectivity index (χ1v) is 5.76. The van der Waals surface area contributed by atoms with Crippen molar-refractivity contribution in [2.24, 2.45) is 0 Å². The molecule has 0 amide bonds. The molecule has 0 spiro atoms. The molecule has 1 N–H and O–H groups in total. The third-order valence-electron chi connectivity index (χ3n) is 2.54. The molecule has 7 heteroatoms. The second-order valence-electron chi connectivity index (χ2n) is 3.56. The zero-order valence-electron chi connectivity index (χ0n) is 8.12. The van der Waals surface area contributed by atoms with Crippen LogP contribution in [-0.4, -0.2) is 51.5 Å². The maximum Gasteiger partial charge on any atom is 0.303 e. The first-order chi connectivity index (χ1) is 7.09. The van der Waals surface area contributed by atoms with Crippen LogP contribution in [0.25, 0.3) is 0 Å². The maximum atomic E-state index is 10.9. The van der Waals surface area contributed by atoms with Crippen LogP contribution in [0.2, 0.25) is 0 Å². The Morgan fingerprint density at radius 3 is 2.67 bits per heavy atom. The fourth-order valence-corrected chi connectivity index (χ4v) is 2.57. The predicted octanol–water partition coefficient (Wildman–Crippen LogP) is -0.694. The summed E-state index contributed by atoms with van der Waals surface area (Å²) in [7, 11) is 0. The number of ether oxygens (including phenoxy) is 3. The number of fused-ring (bicyclic) bond motifs is 1. The van der Waals surface area contributed by atoms with Crippen LogP contribution in [0.1, 0.15) is 6.92 Å². The van der Waals surface area contributed by atoms with E-state index in [2.05, 4.69) is 0 Å². The van der Waals surface area contributed by atoms with E-state index in [1.165, 1.54) is 6.92 Å². The van der Waals surface area contributed by atoms with E-state index in [0.717, 1.165) is 0 Å². The van der Waals surface area contributed by atoms with Gasteiger partial charge in [0.05, 0.1) is 13.2 Å². The minimum atomic E-state index is -1.97. The van der Waals surface area contributed by atoms with E-state index < -0.39 is 40.6 Å². The fraction of sp³-hybridized carbons (Fsp3) is 0.875. The molecule has 2 heterocycles. The summed E-state index contributed by atoms with van der Waals surface area (Å²) in [5, 5.41) is -0.546. The van der Waals surface area contributed by atoms with Crippen LogP contribution >= 0.6 is 0 Å². The molecule has 2 aliphatic rings. The molecule has 15 heavy (non-hydrogen) atoms. The van der Waals surface area contributed by atoms with Crippen LogP contribution in [0.5, 0.6) is 0 Å². The Balaban J connectivity index is 2.02. The van der Waals surface area contributed by atoms with Crippen molar-refractivity contribution < 1.29 is 27.8 Å². The Bertz CT molecular complexity index is 293. The van der Waals surface area contributed by atoms with Crippen molar-refractivity contribution >= 4 is 17.0 Å². The Morgan fingerprint density at radius 1 is 1.40 bits per heavy atom. The molecule has 1 unspecified atom stereocenters. The highest BCUT2D eigenvalue weighted by molar-refractivity contribution is 7.80. The molecule has 2 fully saturated rings. The third kappa shape index (κ3) is 2.05. The third-order valence-corrected chi connectivity index (χ3v) is 3.46. The number of rotatable bonds is 2. The summed E-state index contributed by atoms with van der Waals surface area (Å²) in [5.74, 6) is -0.401. The number of esters is 1. The lowest BCUT2D eigenvalue weighted by atomic mass is 10.1. The molecule has 0 bridgehead atoms. The molecule has 0 aromatic heterocycles. The maximum absolute atomic E-state index is 10.9. The molecule has 2 saturated heterocycles. The first-order valence-electron chi connectivity index (χ1n) is 4.59. The van der Waals surface area contributed by atoms with E-state index in [1.807, 2.05) is 0 Å². The van der Waals surface area contributed by atoms with Crippen LogP contribution < -0.4 is 0 Å².